The summed E-state index contributed by atoms with van der Waals surface area (Å²) in [6.45, 7) is 1.93. The summed E-state index contributed by atoms with van der Waals surface area (Å²) in [5.41, 5.74) is 2.15. The molecule has 2 aromatic heterocycles. The van der Waals surface area contributed by atoms with E-state index < -0.39 is 6.10 Å². The molecule has 1 atom stereocenters. The SMILES string of the molecule is C[C@H]1Oc2ccc(NC(=O)CCn3cnc4sc5c(c4c3=O)CCCC5)cc2NC1=O. The number of nitrogens with zero attached hydrogens (tertiary/aromatic N) is 2. The summed E-state index contributed by atoms with van der Waals surface area (Å²) in [6, 6.07) is 5.09. The van der Waals surface area contributed by atoms with Crippen molar-refractivity contribution in [2.45, 2.75) is 51.7 Å². The minimum absolute atomic E-state index is 0.0695. The number of carbonyl (C=O) groups is 2. The highest BCUT2D eigenvalue weighted by atomic mass is 32.1. The quantitative estimate of drug-likeness (QED) is 0.652. The van der Waals surface area contributed by atoms with E-state index in [9.17, 15) is 14.4 Å². The third kappa shape index (κ3) is 3.69. The molecule has 1 aromatic carbocycles. The lowest BCUT2D eigenvalue weighted by molar-refractivity contribution is -0.122. The molecular formula is C22H22N4O4S. The van der Waals surface area contributed by atoms with Gasteiger partial charge >= 0.3 is 0 Å². The molecule has 8 nitrogen and oxygen atoms in total. The predicted octanol–water partition coefficient (Wildman–Crippen LogP) is 3.09. The number of rotatable bonds is 4. The Morgan fingerprint density at radius 3 is 3.03 bits per heavy atom. The van der Waals surface area contributed by atoms with E-state index >= 15 is 0 Å². The summed E-state index contributed by atoms with van der Waals surface area (Å²) in [5, 5.41) is 6.29. The Labute approximate surface area is 182 Å². The highest BCUT2D eigenvalue weighted by molar-refractivity contribution is 7.18. The van der Waals surface area contributed by atoms with Crippen molar-refractivity contribution >= 4 is 44.7 Å². The number of thiophene rings is 1. The molecule has 0 fully saturated rings. The second-order valence-electron chi connectivity index (χ2n) is 7.89. The number of aryl methyl sites for hydroxylation is 3. The Kier molecular flexibility index (Phi) is 4.97. The van der Waals surface area contributed by atoms with E-state index in [0.29, 0.717) is 17.1 Å². The first-order valence-electron chi connectivity index (χ1n) is 10.4. The maximum atomic E-state index is 13.0. The molecular weight excluding hydrogens is 416 g/mol. The molecule has 3 aromatic rings. The van der Waals surface area contributed by atoms with Gasteiger partial charge in [0.2, 0.25) is 5.91 Å². The second kappa shape index (κ2) is 7.81. The van der Waals surface area contributed by atoms with Crippen LogP contribution >= 0.6 is 11.3 Å². The van der Waals surface area contributed by atoms with E-state index in [1.807, 2.05) is 0 Å². The Balaban J connectivity index is 1.28. The number of amides is 2. The number of nitrogens with one attached hydrogen (secondary N) is 2. The lowest BCUT2D eigenvalue weighted by Gasteiger charge is -2.23. The first-order valence-corrected chi connectivity index (χ1v) is 11.2. The summed E-state index contributed by atoms with van der Waals surface area (Å²) < 4.78 is 7.04. The van der Waals surface area contributed by atoms with Crippen molar-refractivity contribution in [3.63, 3.8) is 0 Å². The summed E-state index contributed by atoms with van der Waals surface area (Å²) in [4.78, 5) is 43.8. The van der Waals surface area contributed by atoms with Crippen LogP contribution in [0.2, 0.25) is 0 Å². The number of aromatic nitrogens is 2. The fourth-order valence-corrected chi connectivity index (χ4v) is 5.29. The van der Waals surface area contributed by atoms with Crippen molar-refractivity contribution in [1.29, 1.82) is 0 Å². The molecule has 0 saturated carbocycles. The average Bonchev–Trinajstić information content (AvgIpc) is 3.14. The second-order valence-corrected chi connectivity index (χ2v) is 8.98. The molecule has 5 rings (SSSR count). The van der Waals surface area contributed by atoms with Gasteiger partial charge in [0.25, 0.3) is 11.5 Å². The maximum Gasteiger partial charge on any atom is 0.265 e. The van der Waals surface area contributed by atoms with E-state index in [-0.39, 0.29) is 30.3 Å². The minimum Gasteiger partial charge on any atom is -0.479 e. The summed E-state index contributed by atoms with van der Waals surface area (Å²) >= 11 is 1.62. The molecule has 0 unspecified atom stereocenters. The highest BCUT2D eigenvalue weighted by Gasteiger charge is 2.24. The van der Waals surface area contributed by atoms with Crippen LogP contribution < -0.4 is 20.9 Å². The number of fused-ring (bicyclic) bond motifs is 4. The van der Waals surface area contributed by atoms with Crippen LogP contribution in [-0.4, -0.2) is 27.5 Å². The van der Waals surface area contributed by atoms with Gasteiger partial charge in [-0.25, -0.2) is 4.98 Å². The maximum absolute atomic E-state index is 13.0. The molecule has 160 valence electrons. The zero-order valence-electron chi connectivity index (χ0n) is 17.1. The van der Waals surface area contributed by atoms with Crippen LogP contribution in [0.15, 0.2) is 29.3 Å². The van der Waals surface area contributed by atoms with E-state index in [2.05, 4.69) is 15.6 Å². The third-order valence-electron chi connectivity index (χ3n) is 5.72. The molecule has 2 aliphatic rings. The zero-order chi connectivity index (χ0) is 21.5. The average molecular weight is 439 g/mol. The predicted molar refractivity (Wildman–Crippen MR) is 119 cm³/mol. The van der Waals surface area contributed by atoms with Crippen molar-refractivity contribution < 1.29 is 14.3 Å². The molecule has 0 radical (unpaired) electrons. The van der Waals surface area contributed by atoms with E-state index in [1.54, 1.807) is 36.5 Å². The number of benzene rings is 1. The van der Waals surface area contributed by atoms with Crippen molar-refractivity contribution in [3.05, 3.63) is 45.3 Å². The van der Waals surface area contributed by atoms with Crippen LogP contribution in [0.5, 0.6) is 5.75 Å². The molecule has 0 saturated heterocycles. The van der Waals surface area contributed by atoms with E-state index in [4.69, 9.17) is 4.74 Å². The topological polar surface area (TPSA) is 102 Å². The minimum atomic E-state index is -0.550. The van der Waals surface area contributed by atoms with Crippen LogP contribution in [-0.2, 0) is 29.0 Å². The van der Waals surface area contributed by atoms with Gasteiger partial charge in [-0.05, 0) is 56.4 Å². The van der Waals surface area contributed by atoms with Crippen molar-refractivity contribution in [2.24, 2.45) is 0 Å². The molecule has 1 aliphatic carbocycles. The third-order valence-corrected chi connectivity index (χ3v) is 6.92. The Bertz CT molecular complexity index is 1260. The summed E-state index contributed by atoms with van der Waals surface area (Å²) in [5.74, 6) is 0.111. The fourth-order valence-electron chi connectivity index (χ4n) is 4.07. The van der Waals surface area contributed by atoms with Gasteiger partial charge in [0.15, 0.2) is 6.10 Å². The highest BCUT2D eigenvalue weighted by Crippen LogP contribution is 2.34. The largest absolute Gasteiger partial charge is 0.479 e. The Hall–Kier alpha value is -3.20. The Morgan fingerprint density at radius 1 is 1.32 bits per heavy atom. The van der Waals surface area contributed by atoms with Gasteiger partial charge in [0.05, 0.1) is 17.4 Å². The normalized spacial score (nSPS) is 17.5. The van der Waals surface area contributed by atoms with Crippen molar-refractivity contribution in [3.8, 4) is 5.75 Å². The van der Waals surface area contributed by atoms with E-state index in [0.717, 1.165) is 41.5 Å². The van der Waals surface area contributed by atoms with Gasteiger partial charge < -0.3 is 15.4 Å². The van der Waals surface area contributed by atoms with Crippen LogP contribution in [0, 0.1) is 0 Å². The first kappa shape index (κ1) is 19.7. The number of hydrogen-bond donors (Lipinski definition) is 2. The van der Waals surface area contributed by atoms with Crippen LogP contribution in [0.25, 0.3) is 10.2 Å². The monoisotopic (exact) mass is 438 g/mol. The zero-order valence-corrected chi connectivity index (χ0v) is 17.9. The molecule has 1 aliphatic heterocycles. The van der Waals surface area contributed by atoms with Gasteiger partial charge in [-0.2, -0.15) is 0 Å². The van der Waals surface area contributed by atoms with Gasteiger partial charge in [-0.1, -0.05) is 0 Å². The van der Waals surface area contributed by atoms with Gasteiger partial charge in [-0.15, -0.1) is 11.3 Å². The van der Waals surface area contributed by atoms with Gasteiger partial charge in [0.1, 0.15) is 10.6 Å². The smallest absolute Gasteiger partial charge is 0.265 e. The molecule has 2 N–H and O–H groups in total. The van der Waals surface area contributed by atoms with Crippen molar-refractivity contribution in [1.82, 2.24) is 9.55 Å². The van der Waals surface area contributed by atoms with Gasteiger partial charge in [0, 0.05) is 23.5 Å². The van der Waals surface area contributed by atoms with Crippen LogP contribution in [0.1, 0.15) is 36.6 Å². The summed E-state index contributed by atoms with van der Waals surface area (Å²) in [6.07, 6.45) is 5.32. The standard InChI is InChI=1S/C22H22N4O4S/c1-12-20(28)25-15-10-13(6-7-16(15)30-12)24-18(27)8-9-26-11-23-21-19(22(26)29)14-4-2-3-5-17(14)31-21/h6-7,10-12H,2-5,8-9H2,1H3,(H,24,27)(H,25,28)/t12-/m1/s1. The number of anilines is 2. The Morgan fingerprint density at radius 2 is 2.16 bits per heavy atom. The molecule has 3 heterocycles. The molecule has 2 amide bonds. The van der Waals surface area contributed by atoms with Crippen LogP contribution in [0.4, 0.5) is 11.4 Å². The molecule has 0 spiro atoms. The molecule has 0 bridgehead atoms. The van der Waals surface area contributed by atoms with Crippen LogP contribution in [0.3, 0.4) is 0 Å². The number of carbonyl (C=O) groups excluding carboxylic acids is 2. The molecule has 31 heavy (non-hydrogen) atoms. The molecule has 9 heteroatoms. The first-order chi connectivity index (χ1) is 15.0. The lowest BCUT2D eigenvalue weighted by atomic mass is 9.97. The van der Waals surface area contributed by atoms with E-state index in [1.165, 1.54) is 15.8 Å². The lowest BCUT2D eigenvalue weighted by Crippen LogP contribution is -2.34. The summed E-state index contributed by atoms with van der Waals surface area (Å²) in [7, 11) is 0. The van der Waals surface area contributed by atoms with Gasteiger partial charge in [-0.3, -0.25) is 19.0 Å². The number of hydrogen-bond acceptors (Lipinski definition) is 6. The fraction of sp³-hybridized carbons (Fsp3) is 0.364. The number of ether oxygens (including phenoxy) is 1. The van der Waals surface area contributed by atoms with Crippen molar-refractivity contribution in [2.75, 3.05) is 10.6 Å².